The molecular formula is C20H30ClNO4. The molecule has 2 saturated carbocycles. The van der Waals surface area contributed by atoms with Gasteiger partial charge in [-0.2, -0.15) is 0 Å². The van der Waals surface area contributed by atoms with E-state index in [4.69, 9.17) is 11.6 Å². The van der Waals surface area contributed by atoms with Gasteiger partial charge in [-0.05, 0) is 53.9 Å². The summed E-state index contributed by atoms with van der Waals surface area (Å²) in [6.45, 7) is 10.7. The van der Waals surface area contributed by atoms with Crippen molar-refractivity contribution in [3.63, 3.8) is 0 Å². The zero-order valence-electron chi connectivity index (χ0n) is 15.8. The number of carbonyl (C=O) groups excluding carboxylic acids is 2. The van der Waals surface area contributed by atoms with Crippen molar-refractivity contribution in [3.05, 3.63) is 12.2 Å². The van der Waals surface area contributed by atoms with Gasteiger partial charge in [0.2, 0.25) is 11.8 Å². The highest BCUT2D eigenvalue weighted by Crippen LogP contribution is 2.62. The average molecular weight is 384 g/mol. The van der Waals surface area contributed by atoms with E-state index in [-0.39, 0.29) is 40.4 Å². The summed E-state index contributed by atoms with van der Waals surface area (Å²) < 4.78 is 0. The maximum Gasteiger partial charge on any atom is 0.232 e. The Kier molecular flexibility index (Phi) is 5.04. The highest BCUT2D eigenvalue weighted by atomic mass is 35.5. The topological polar surface area (TPSA) is 86.6 Å². The van der Waals surface area contributed by atoms with Crippen LogP contribution >= 0.6 is 11.6 Å². The van der Waals surface area contributed by atoms with Crippen LogP contribution in [0.2, 0.25) is 0 Å². The SMILES string of the molecule is C=C1[C@H](O)CC2C(C)(C)C[C@H](Cl)C[C@]2(C)[C@H]1CC(O)C1CC(=O)NC1=O. The molecule has 0 aromatic rings. The van der Waals surface area contributed by atoms with Gasteiger partial charge >= 0.3 is 0 Å². The van der Waals surface area contributed by atoms with Gasteiger partial charge in [0.25, 0.3) is 0 Å². The quantitative estimate of drug-likeness (QED) is 0.396. The number of aliphatic hydroxyl groups excluding tert-OH is 2. The molecule has 6 heteroatoms. The Bertz CT molecular complexity index is 633. The number of hydrogen-bond acceptors (Lipinski definition) is 4. The van der Waals surface area contributed by atoms with Crippen molar-refractivity contribution in [1.29, 1.82) is 0 Å². The van der Waals surface area contributed by atoms with Gasteiger partial charge in [0.1, 0.15) is 0 Å². The predicted octanol–water partition coefficient (Wildman–Crippen LogP) is 2.39. The second-order valence-electron chi connectivity index (χ2n) is 9.46. The van der Waals surface area contributed by atoms with E-state index in [1.54, 1.807) is 0 Å². The number of rotatable bonds is 3. The van der Waals surface area contributed by atoms with Crippen LogP contribution in [0.3, 0.4) is 0 Å². The third-order valence-electron chi connectivity index (χ3n) is 7.23. The van der Waals surface area contributed by atoms with Gasteiger partial charge in [0.05, 0.1) is 18.1 Å². The lowest BCUT2D eigenvalue weighted by molar-refractivity contribution is -0.128. The molecule has 3 fully saturated rings. The number of fused-ring (bicyclic) bond motifs is 1. The fraction of sp³-hybridized carbons (Fsp3) is 0.800. The summed E-state index contributed by atoms with van der Waals surface area (Å²) in [5, 5.41) is 23.6. The molecule has 26 heavy (non-hydrogen) atoms. The van der Waals surface area contributed by atoms with Crippen LogP contribution in [0.5, 0.6) is 0 Å². The van der Waals surface area contributed by atoms with Gasteiger partial charge in [0, 0.05) is 11.8 Å². The standard InChI is InChI=1S/C20H30ClNO4/c1-10-13(6-15(24)12-5-17(25)22-18(12)26)20(4)9-11(21)8-19(2,3)16(20)7-14(10)23/h11-16,23-24H,1,5-9H2,2-4H3,(H,22,25,26)/t11-,12?,13-,14+,15?,16?,20+/m0/s1. The van der Waals surface area contributed by atoms with Gasteiger partial charge in [-0.3, -0.25) is 14.9 Å². The Morgan fingerprint density at radius 3 is 2.54 bits per heavy atom. The van der Waals surface area contributed by atoms with Crippen molar-refractivity contribution >= 4 is 23.4 Å². The molecule has 3 aliphatic rings. The Morgan fingerprint density at radius 1 is 1.31 bits per heavy atom. The molecule has 0 radical (unpaired) electrons. The third kappa shape index (κ3) is 3.23. The first-order chi connectivity index (χ1) is 12.0. The molecule has 3 rings (SSSR count). The number of carbonyl (C=O) groups is 2. The summed E-state index contributed by atoms with van der Waals surface area (Å²) >= 11 is 6.60. The highest BCUT2D eigenvalue weighted by molar-refractivity contribution is 6.20. The van der Waals surface area contributed by atoms with Crippen LogP contribution in [0.4, 0.5) is 0 Å². The van der Waals surface area contributed by atoms with Crippen molar-refractivity contribution < 1.29 is 19.8 Å². The van der Waals surface area contributed by atoms with E-state index in [1.165, 1.54) is 0 Å². The minimum Gasteiger partial charge on any atom is -0.392 e. The summed E-state index contributed by atoms with van der Waals surface area (Å²) in [4.78, 5) is 23.4. The summed E-state index contributed by atoms with van der Waals surface area (Å²) in [5.74, 6) is -1.37. The van der Waals surface area contributed by atoms with Crippen LogP contribution in [0, 0.1) is 28.6 Å². The largest absolute Gasteiger partial charge is 0.392 e. The maximum atomic E-state index is 11.9. The van der Waals surface area contributed by atoms with Crippen LogP contribution in [-0.2, 0) is 9.59 Å². The normalized spacial score (nSPS) is 43.8. The molecule has 7 atom stereocenters. The van der Waals surface area contributed by atoms with E-state index in [1.807, 2.05) is 0 Å². The van der Waals surface area contributed by atoms with Gasteiger partial charge in [0.15, 0.2) is 0 Å². The van der Waals surface area contributed by atoms with Gasteiger partial charge in [-0.1, -0.05) is 27.4 Å². The van der Waals surface area contributed by atoms with Crippen molar-refractivity contribution in [3.8, 4) is 0 Å². The first-order valence-electron chi connectivity index (χ1n) is 9.48. The van der Waals surface area contributed by atoms with E-state index in [9.17, 15) is 19.8 Å². The molecule has 3 N–H and O–H groups in total. The third-order valence-corrected chi connectivity index (χ3v) is 7.53. The molecule has 146 valence electrons. The Balaban J connectivity index is 1.89. The Hall–Kier alpha value is -0.910. The van der Waals surface area contributed by atoms with Crippen molar-refractivity contribution in [2.75, 3.05) is 0 Å². The lowest BCUT2D eigenvalue weighted by Gasteiger charge is -2.60. The van der Waals surface area contributed by atoms with Crippen LogP contribution in [0.15, 0.2) is 12.2 Å². The second kappa shape index (κ2) is 6.61. The van der Waals surface area contributed by atoms with Crippen LogP contribution in [0.25, 0.3) is 0 Å². The molecule has 0 bridgehead atoms. The molecule has 2 amide bonds. The highest BCUT2D eigenvalue weighted by Gasteiger charge is 2.57. The van der Waals surface area contributed by atoms with Crippen molar-refractivity contribution in [2.24, 2.45) is 28.6 Å². The number of imide groups is 1. The van der Waals surface area contributed by atoms with E-state index in [2.05, 4.69) is 32.7 Å². The molecule has 2 aliphatic carbocycles. The molecule has 1 aliphatic heterocycles. The molecule has 1 heterocycles. The summed E-state index contributed by atoms with van der Waals surface area (Å²) in [6.07, 6.45) is 1.12. The number of aliphatic hydroxyl groups is 2. The minimum absolute atomic E-state index is 0.0194. The second-order valence-corrected chi connectivity index (χ2v) is 10.1. The zero-order valence-corrected chi connectivity index (χ0v) is 16.6. The van der Waals surface area contributed by atoms with Crippen molar-refractivity contribution in [2.45, 2.75) is 70.5 Å². The van der Waals surface area contributed by atoms with Crippen LogP contribution < -0.4 is 5.32 Å². The predicted molar refractivity (Wildman–Crippen MR) is 99.4 cm³/mol. The Labute approximate surface area is 160 Å². The lowest BCUT2D eigenvalue weighted by atomic mass is 9.46. The maximum absolute atomic E-state index is 11.9. The van der Waals surface area contributed by atoms with E-state index in [0.717, 1.165) is 12.8 Å². The average Bonchev–Trinajstić information content (AvgIpc) is 2.84. The first-order valence-corrected chi connectivity index (χ1v) is 9.92. The Morgan fingerprint density at radius 2 is 1.96 bits per heavy atom. The number of alkyl halides is 1. The van der Waals surface area contributed by atoms with Crippen LogP contribution in [0.1, 0.15) is 52.9 Å². The first kappa shape index (κ1) is 19.8. The van der Waals surface area contributed by atoms with Gasteiger partial charge < -0.3 is 10.2 Å². The van der Waals surface area contributed by atoms with Crippen LogP contribution in [-0.4, -0.2) is 39.6 Å². The van der Waals surface area contributed by atoms with Crippen molar-refractivity contribution in [1.82, 2.24) is 5.32 Å². The van der Waals surface area contributed by atoms with E-state index >= 15 is 0 Å². The lowest BCUT2D eigenvalue weighted by Crippen LogP contribution is -2.55. The van der Waals surface area contributed by atoms with E-state index in [0.29, 0.717) is 18.4 Å². The molecule has 3 unspecified atom stereocenters. The number of amides is 2. The molecule has 1 saturated heterocycles. The minimum atomic E-state index is -0.940. The zero-order chi connectivity index (χ0) is 19.4. The fourth-order valence-corrected chi connectivity index (χ4v) is 6.74. The molecule has 0 aromatic carbocycles. The summed E-state index contributed by atoms with van der Waals surface area (Å²) in [5.41, 5.74) is 0.490. The van der Waals surface area contributed by atoms with Gasteiger partial charge in [-0.15, -0.1) is 11.6 Å². The van der Waals surface area contributed by atoms with E-state index < -0.39 is 24.0 Å². The number of halogens is 1. The monoisotopic (exact) mass is 383 g/mol. The number of hydrogen-bond donors (Lipinski definition) is 3. The molecular weight excluding hydrogens is 354 g/mol. The molecule has 0 spiro atoms. The summed E-state index contributed by atoms with van der Waals surface area (Å²) in [6, 6.07) is 0. The number of nitrogens with one attached hydrogen (secondary N) is 1. The smallest absolute Gasteiger partial charge is 0.232 e. The summed E-state index contributed by atoms with van der Waals surface area (Å²) in [7, 11) is 0. The molecule has 5 nitrogen and oxygen atoms in total. The van der Waals surface area contributed by atoms with Gasteiger partial charge in [-0.25, -0.2) is 0 Å². The fourth-order valence-electron chi connectivity index (χ4n) is 6.01. The molecule has 0 aromatic heterocycles.